The zero-order chi connectivity index (χ0) is 14.4. The van der Waals surface area contributed by atoms with Gasteiger partial charge in [0.05, 0.1) is 13.0 Å². The van der Waals surface area contributed by atoms with Crippen LogP contribution in [0.2, 0.25) is 0 Å². The van der Waals surface area contributed by atoms with E-state index in [0.717, 1.165) is 6.07 Å². The largest absolute Gasteiger partial charge is 0.466 e. The lowest BCUT2D eigenvalue weighted by Gasteiger charge is -2.12. The zero-order valence-corrected chi connectivity index (χ0v) is 11.7. The quantitative estimate of drug-likeness (QED) is 0.588. The molecule has 0 aliphatic rings. The fourth-order valence-electron chi connectivity index (χ4n) is 1.51. The Balaban J connectivity index is 3.01. The minimum absolute atomic E-state index is 0.108. The lowest BCUT2D eigenvalue weighted by Crippen LogP contribution is -2.11. The van der Waals surface area contributed by atoms with E-state index >= 15 is 0 Å². The number of ether oxygens (including phenoxy) is 2. The van der Waals surface area contributed by atoms with Gasteiger partial charge in [-0.3, -0.25) is 4.79 Å². The van der Waals surface area contributed by atoms with E-state index in [4.69, 9.17) is 4.74 Å². The predicted octanol–water partition coefficient (Wildman–Crippen LogP) is 3.43. The number of alkyl halides is 3. The number of carbonyl (C=O) groups is 1. The summed E-state index contributed by atoms with van der Waals surface area (Å²) in [6, 6.07) is 2.09. The van der Waals surface area contributed by atoms with Crippen molar-refractivity contribution in [2.24, 2.45) is 0 Å². The van der Waals surface area contributed by atoms with E-state index in [-0.39, 0.29) is 29.7 Å². The van der Waals surface area contributed by atoms with Crippen molar-refractivity contribution < 1.29 is 27.4 Å². The number of hydrogen-bond acceptors (Lipinski definition) is 3. The molecule has 0 radical (unpaired) electrons. The van der Waals surface area contributed by atoms with E-state index in [1.54, 1.807) is 6.92 Å². The zero-order valence-electron chi connectivity index (χ0n) is 10.1. The van der Waals surface area contributed by atoms with Crippen LogP contribution in [-0.4, -0.2) is 19.2 Å². The van der Waals surface area contributed by atoms with Crippen LogP contribution in [-0.2, 0) is 21.3 Å². The fraction of sp³-hybridized carbons (Fsp3) is 0.417. The third-order valence-corrected chi connectivity index (χ3v) is 2.86. The van der Waals surface area contributed by atoms with Gasteiger partial charge in [0, 0.05) is 17.0 Å². The molecule has 1 aromatic rings. The minimum Gasteiger partial charge on any atom is -0.466 e. The minimum atomic E-state index is -3.03. The normalized spacial score (nSPS) is 10.6. The van der Waals surface area contributed by atoms with Gasteiger partial charge in [-0.2, -0.15) is 8.78 Å². The summed E-state index contributed by atoms with van der Waals surface area (Å²) >= 11 is 3.11. The van der Waals surface area contributed by atoms with Crippen LogP contribution in [0.3, 0.4) is 0 Å². The first-order valence-electron chi connectivity index (χ1n) is 5.45. The van der Waals surface area contributed by atoms with Gasteiger partial charge in [0.1, 0.15) is 11.6 Å². The van der Waals surface area contributed by atoms with Crippen LogP contribution in [0.5, 0.6) is 5.75 Å². The third-order valence-electron chi connectivity index (χ3n) is 2.26. The van der Waals surface area contributed by atoms with E-state index in [0.29, 0.717) is 5.56 Å². The SMILES string of the molecule is CCOC(=O)Cc1c(F)cc(OC(F)F)cc1CBr. The van der Waals surface area contributed by atoms with Crippen LogP contribution >= 0.6 is 15.9 Å². The summed E-state index contributed by atoms with van der Waals surface area (Å²) in [6.07, 6.45) is -0.254. The maximum Gasteiger partial charge on any atom is 0.387 e. The Morgan fingerprint density at radius 3 is 2.63 bits per heavy atom. The van der Waals surface area contributed by atoms with Gasteiger partial charge < -0.3 is 9.47 Å². The van der Waals surface area contributed by atoms with Crippen molar-refractivity contribution in [3.8, 4) is 5.75 Å². The Bertz CT molecular complexity index is 452. The molecular formula is C12H12BrF3O3. The van der Waals surface area contributed by atoms with Gasteiger partial charge in [0.25, 0.3) is 0 Å². The second-order valence-corrected chi connectivity index (χ2v) is 4.10. The number of hydrogen-bond donors (Lipinski definition) is 0. The van der Waals surface area contributed by atoms with Gasteiger partial charge in [0.2, 0.25) is 0 Å². The molecule has 0 N–H and O–H groups in total. The Kier molecular flexibility index (Phi) is 6.14. The highest BCUT2D eigenvalue weighted by molar-refractivity contribution is 9.08. The third kappa shape index (κ3) is 4.74. The molecule has 7 heteroatoms. The van der Waals surface area contributed by atoms with Crippen molar-refractivity contribution in [3.63, 3.8) is 0 Å². The lowest BCUT2D eigenvalue weighted by molar-refractivity contribution is -0.142. The van der Waals surface area contributed by atoms with Crippen LogP contribution in [0.15, 0.2) is 12.1 Å². The first kappa shape index (κ1) is 15.8. The molecule has 0 aromatic heterocycles. The summed E-state index contributed by atoms with van der Waals surface area (Å²) in [6.45, 7) is -1.20. The summed E-state index contributed by atoms with van der Waals surface area (Å²) < 4.78 is 46.8. The molecule has 0 saturated heterocycles. The molecule has 106 valence electrons. The number of esters is 1. The maximum atomic E-state index is 13.8. The van der Waals surface area contributed by atoms with Gasteiger partial charge in [-0.05, 0) is 18.6 Å². The summed E-state index contributed by atoms with van der Waals surface area (Å²) in [5, 5.41) is 0.207. The molecule has 0 atom stereocenters. The standard InChI is InChI=1S/C12H12BrF3O3/c1-2-18-11(17)5-9-7(6-13)3-8(4-10(9)14)19-12(15)16/h3-4,12H,2,5-6H2,1H3. The molecule has 0 bridgehead atoms. The molecule has 1 rings (SSSR count). The summed E-state index contributed by atoms with van der Waals surface area (Å²) in [4.78, 5) is 11.3. The molecule has 0 aliphatic carbocycles. The van der Waals surface area contributed by atoms with Gasteiger partial charge in [-0.25, -0.2) is 4.39 Å². The smallest absolute Gasteiger partial charge is 0.387 e. The Labute approximate surface area is 116 Å². The van der Waals surface area contributed by atoms with Crippen LogP contribution in [0.1, 0.15) is 18.1 Å². The molecule has 19 heavy (non-hydrogen) atoms. The summed E-state index contributed by atoms with van der Waals surface area (Å²) in [5.74, 6) is -1.64. The van der Waals surface area contributed by atoms with E-state index in [1.165, 1.54) is 6.07 Å². The number of benzene rings is 1. The average Bonchev–Trinajstić information content (AvgIpc) is 2.31. The highest BCUT2D eigenvalue weighted by atomic mass is 79.9. The van der Waals surface area contributed by atoms with Crippen LogP contribution in [0, 0.1) is 5.82 Å². The van der Waals surface area contributed by atoms with E-state index < -0.39 is 18.4 Å². The first-order chi connectivity index (χ1) is 8.97. The van der Waals surface area contributed by atoms with Crippen molar-refractivity contribution in [2.45, 2.75) is 25.3 Å². The van der Waals surface area contributed by atoms with Crippen LogP contribution in [0.4, 0.5) is 13.2 Å². The van der Waals surface area contributed by atoms with Crippen molar-refractivity contribution in [1.29, 1.82) is 0 Å². The van der Waals surface area contributed by atoms with Gasteiger partial charge in [-0.15, -0.1) is 0 Å². The molecule has 0 spiro atoms. The van der Waals surface area contributed by atoms with Gasteiger partial charge in [0.15, 0.2) is 0 Å². The second-order valence-electron chi connectivity index (χ2n) is 3.54. The fourth-order valence-corrected chi connectivity index (χ4v) is 2.01. The molecule has 0 saturated carbocycles. The number of rotatable bonds is 6. The molecule has 0 unspecified atom stereocenters. The van der Waals surface area contributed by atoms with Gasteiger partial charge >= 0.3 is 12.6 Å². The van der Waals surface area contributed by atoms with Crippen molar-refractivity contribution in [1.82, 2.24) is 0 Å². The van der Waals surface area contributed by atoms with Crippen molar-refractivity contribution in [3.05, 3.63) is 29.1 Å². The van der Waals surface area contributed by atoms with E-state index in [1.807, 2.05) is 0 Å². The Morgan fingerprint density at radius 1 is 1.42 bits per heavy atom. The van der Waals surface area contributed by atoms with Crippen molar-refractivity contribution in [2.75, 3.05) is 6.61 Å². The van der Waals surface area contributed by atoms with Gasteiger partial charge in [-0.1, -0.05) is 15.9 Å². The van der Waals surface area contributed by atoms with Crippen molar-refractivity contribution >= 4 is 21.9 Å². The highest BCUT2D eigenvalue weighted by Gasteiger charge is 2.16. The molecule has 0 heterocycles. The molecule has 0 amide bonds. The predicted molar refractivity (Wildman–Crippen MR) is 66.0 cm³/mol. The monoisotopic (exact) mass is 340 g/mol. The average molecular weight is 341 g/mol. The molecule has 1 aromatic carbocycles. The van der Waals surface area contributed by atoms with Crippen LogP contribution < -0.4 is 4.74 Å². The molecule has 3 nitrogen and oxygen atoms in total. The van der Waals surface area contributed by atoms with E-state index in [9.17, 15) is 18.0 Å². The lowest BCUT2D eigenvalue weighted by atomic mass is 10.0. The first-order valence-corrected chi connectivity index (χ1v) is 6.57. The number of carbonyl (C=O) groups excluding carboxylic acids is 1. The summed E-state index contributed by atoms with van der Waals surface area (Å²) in [7, 11) is 0. The molecular weight excluding hydrogens is 329 g/mol. The maximum absolute atomic E-state index is 13.8. The highest BCUT2D eigenvalue weighted by Crippen LogP contribution is 2.25. The Hall–Kier alpha value is -1.24. The Morgan fingerprint density at radius 2 is 2.11 bits per heavy atom. The molecule has 0 aliphatic heterocycles. The summed E-state index contributed by atoms with van der Waals surface area (Å²) in [5.41, 5.74) is 0.473. The topological polar surface area (TPSA) is 35.5 Å². The second kappa shape index (κ2) is 7.37. The number of halogens is 4. The molecule has 0 fully saturated rings. The van der Waals surface area contributed by atoms with E-state index in [2.05, 4.69) is 20.7 Å². The van der Waals surface area contributed by atoms with Crippen LogP contribution in [0.25, 0.3) is 0 Å².